The summed E-state index contributed by atoms with van der Waals surface area (Å²) in [6.07, 6.45) is -2.26. The van der Waals surface area contributed by atoms with Crippen LogP contribution in [0.25, 0.3) is 0 Å². The third-order valence-electron chi connectivity index (χ3n) is 7.98. The van der Waals surface area contributed by atoms with Gasteiger partial charge in [0.15, 0.2) is 0 Å². The van der Waals surface area contributed by atoms with E-state index in [1.165, 1.54) is 30.5 Å². The van der Waals surface area contributed by atoms with Gasteiger partial charge in [-0.05, 0) is 64.6 Å². The zero-order chi connectivity index (χ0) is 28.3. The fourth-order valence-corrected chi connectivity index (χ4v) is 6.09. The normalized spacial score (nSPS) is 23.1. The lowest BCUT2D eigenvalue weighted by atomic mass is 9.84. The molecule has 206 valence electrons. The Labute approximate surface area is 220 Å². The number of carboxylic acid groups (broad SMARTS) is 1. The van der Waals surface area contributed by atoms with E-state index in [1.807, 2.05) is 13.8 Å². The van der Waals surface area contributed by atoms with Gasteiger partial charge in [-0.2, -0.15) is 13.2 Å². The quantitative estimate of drug-likeness (QED) is 0.270. The van der Waals surface area contributed by atoms with Gasteiger partial charge in [-0.1, -0.05) is 32.0 Å². The first-order chi connectivity index (χ1) is 18.3. The summed E-state index contributed by atoms with van der Waals surface area (Å²) in [5, 5.41) is 6.89. The van der Waals surface area contributed by atoms with Crippen molar-refractivity contribution in [3.8, 4) is 5.88 Å². The minimum Gasteiger partial charge on any atom is -0.483 e. The van der Waals surface area contributed by atoms with E-state index in [2.05, 4.69) is 4.98 Å². The summed E-state index contributed by atoms with van der Waals surface area (Å²) in [5.74, 6) is -4.93. The molecule has 3 aromatic rings. The van der Waals surface area contributed by atoms with E-state index in [-0.39, 0.29) is 41.6 Å². The molecular formula is C29H25F6NO3. The molecule has 6 rings (SSSR count). The molecule has 0 radical (unpaired) electrons. The van der Waals surface area contributed by atoms with Gasteiger partial charge in [0.05, 0.1) is 5.56 Å². The maximum atomic E-state index is 15.1. The highest BCUT2D eigenvalue weighted by Gasteiger charge is 2.63. The molecule has 3 atom stereocenters. The van der Waals surface area contributed by atoms with Gasteiger partial charge in [0.1, 0.15) is 12.4 Å². The molecule has 1 saturated carbocycles. The Morgan fingerprint density at radius 3 is 2.46 bits per heavy atom. The summed E-state index contributed by atoms with van der Waals surface area (Å²) in [6.45, 7) is 3.24. The van der Waals surface area contributed by atoms with Gasteiger partial charge in [0, 0.05) is 35.2 Å². The number of hydrogen-bond donors (Lipinski definition) is 1. The van der Waals surface area contributed by atoms with Crippen LogP contribution < -0.4 is 4.74 Å². The molecule has 3 aliphatic carbocycles. The Balaban J connectivity index is 0.000000983. The lowest BCUT2D eigenvalue weighted by molar-refractivity contribution is -0.138. The zero-order valence-electron chi connectivity index (χ0n) is 21.0. The summed E-state index contributed by atoms with van der Waals surface area (Å²) >= 11 is 0. The fourth-order valence-electron chi connectivity index (χ4n) is 6.09. The molecule has 1 N–H and O–H groups in total. The van der Waals surface area contributed by atoms with Gasteiger partial charge >= 0.3 is 6.18 Å². The highest BCUT2D eigenvalue weighted by atomic mass is 19.4. The largest absolute Gasteiger partial charge is 0.483 e. The number of fused-ring (bicyclic) bond motifs is 4. The summed E-state index contributed by atoms with van der Waals surface area (Å²) in [6, 6.07) is 9.59. The van der Waals surface area contributed by atoms with Crippen molar-refractivity contribution in [2.45, 2.75) is 62.6 Å². The molecule has 3 aliphatic rings. The number of aromatic nitrogens is 1. The number of rotatable bonds is 4. The minimum atomic E-state index is -4.52. The second kappa shape index (κ2) is 9.27. The van der Waals surface area contributed by atoms with E-state index in [0.29, 0.717) is 29.5 Å². The van der Waals surface area contributed by atoms with Crippen molar-refractivity contribution in [1.29, 1.82) is 0 Å². The molecule has 1 aromatic heterocycles. The molecule has 2 aromatic carbocycles. The summed E-state index contributed by atoms with van der Waals surface area (Å²) < 4.78 is 91.0. The molecule has 0 amide bonds. The predicted molar refractivity (Wildman–Crippen MR) is 129 cm³/mol. The monoisotopic (exact) mass is 549 g/mol. The first-order valence-electron chi connectivity index (χ1n) is 12.4. The van der Waals surface area contributed by atoms with Gasteiger partial charge in [-0.3, -0.25) is 4.79 Å². The van der Waals surface area contributed by atoms with Crippen LogP contribution in [0.3, 0.4) is 0 Å². The Kier molecular flexibility index (Phi) is 6.43. The molecule has 0 bridgehead atoms. The number of ether oxygens (including phenoxy) is 1. The number of hydrogen-bond acceptors (Lipinski definition) is 3. The van der Waals surface area contributed by atoms with Gasteiger partial charge in [-0.15, -0.1) is 0 Å². The van der Waals surface area contributed by atoms with Crippen molar-refractivity contribution in [3.05, 3.63) is 93.4 Å². The van der Waals surface area contributed by atoms with E-state index in [1.54, 1.807) is 12.1 Å². The van der Waals surface area contributed by atoms with Crippen LogP contribution in [0.2, 0.25) is 0 Å². The van der Waals surface area contributed by atoms with Crippen LogP contribution in [-0.2, 0) is 28.9 Å². The first-order valence-corrected chi connectivity index (χ1v) is 12.4. The molecule has 0 saturated heterocycles. The maximum absolute atomic E-state index is 15.1. The number of halogens is 6. The Morgan fingerprint density at radius 1 is 1.08 bits per heavy atom. The lowest BCUT2D eigenvalue weighted by Crippen LogP contribution is -2.15. The minimum absolute atomic E-state index is 0.0334. The van der Waals surface area contributed by atoms with Crippen LogP contribution in [-0.4, -0.2) is 16.6 Å². The highest BCUT2D eigenvalue weighted by Crippen LogP contribution is 2.67. The average molecular weight is 550 g/mol. The van der Waals surface area contributed by atoms with Gasteiger partial charge in [-0.25, -0.2) is 18.2 Å². The molecule has 1 fully saturated rings. The molecule has 1 heterocycles. The van der Waals surface area contributed by atoms with E-state index in [4.69, 9.17) is 14.6 Å². The molecule has 10 heteroatoms. The van der Waals surface area contributed by atoms with E-state index in [0.717, 1.165) is 6.07 Å². The van der Waals surface area contributed by atoms with Gasteiger partial charge in [0.2, 0.25) is 5.88 Å². The van der Waals surface area contributed by atoms with Crippen molar-refractivity contribution in [2.24, 2.45) is 5.92 Å². The molecule has 3 unspecified atom stereocenters. The smallest absolute Gasteiger partial charge is 0.416 e. The van der Waals surface area contributed by atoms with Crippen molar-refractivity contribution >= 4 is 6.47 Å². The maximum Gasteiger partial charge on any atom is 0.416 e. The third-order valence-corrected chi connectivity index (χ3v) is 7.98. The lowest BCUT2D eigenvalue weighted by Gasteiger charge is -2.21. The molecule has 0 spiro atoms. The van der Waals surface area contributed by atoms with Crippen LogP contribution in [0.4, 0.5) is 26.3 Å². The highest BCUT2D eigenvalue weighted by molar-refractivity contribution is 5.51. The van der Waals surface area contributed by atoms with E-state index < -0.39 is 40.7 Å². The van der Waals surface area contributed by atoms with Crippen LogP contribution >= 0.6 is 0 Å². The van der Waals surface area contributed by atoms with E-state index in [9.17, 15) is 22.0 Å². The third kappa shape index (κ3) is 4.63. The number of carbonyl (C=O) groups is 1. The molecule has 4 nitrogen and oxygen atoms in total. The molecule has 39 heavy (non-hydrogen) atoms. The van der Waals surface area contributed by atoms with Crippen molar-refractivity contribution in [1.82, 2.24) is 4.98 Å². The van der Waals surface area contributed by atoms with Crippen molar-refractivity contribution < 1.29 is 41.0 Å². The first kappa shape index (κ1) is 27.0. The Bertz CT molecular complexity index is 1440. The average Bonchev–Trinajstić information content (AvgIpc) is 3.59. The van der Waals surface area contributed by atoms with Crippen molar-refractivity contribution in [3.63, 3.8) is 0 Å². The molecule has 0 aliphatic heterocycles. The second-order valence-corrected chi connectivity index (χ2v) is 10.8. The number of nitrogens with zero attached hydrogens (tertiary/aromatic N) is 1. The van der Waals surface area contributed by atoms with Crippen LogP contribution in [0.5, 0.6) is 5.88 Å². The van der Waals surface area contributed by atoms with Crippen molar-refractivity contribution in [2.75, 3.05) is 0 Å². The molecular weight excluding hydrogens is 524 g/mol. The zero-order valence-corrected chi connectivity index (χ0v) is 21.0. The van der Waals surface area contributed by atoms with Gasteiger partial charge < -0.3 is 9.84 Å². The SMILES string of the molecule is CC1(C)CC(c2ccccc2C(F)(F)F)c2cc(COc3cc4c(cn3)C3CC3C4(F)F)c(F)cc21.O=CO. The Hall–Kier alpha value is -3.56. The van der Waals surface area contributed by atoms with Gasteiger partial charge in [0.25, 0.3) is 12.4 Å². The fraction of sp³-hybridized carbons (Fsp3) is 0.379. The summed E-state index contributed by atoms with van der Waals surface area (Å²) in [7, 11) is 0. The summed E-state index contributed by atoms with van der Waals surface area (Å²) in [4.78, 5) is 12.5. The van der Waals surface area contributed by atoms with Crippen LogP contribution in [0.15, 0.2) is 48.7 Å². The number of benzene rings is 2. The second-order valence-electron chi connectivity index (χ2n) is 10.8. The van der Waals surface area contributed by atoms with Crippen LogP contribution in [0, 0.1) is 11.7 Å². The standard InChI is InChI=1S/C28H23F6NO.CH2O2/c1-26(2)11-18(15-5-3-4-6-20(15)28(32,33)34)16-7-14(24(29)9-21(16)26)13-36-25-10-23-19(12-35-25)17-8-22(17)27(23,30)31;2-1-3/h3-7,9-10,12,17-18,22H,8,11,13H2,1-2H3;1H,(H,2,3). The summed E-state index contributed by atoms with van der Waals surface area (Å²) in [5.41, 5.74) is 0.761. The predicted octanol–water partition coefficient (Wildman–Crippen LogP) is 7.54. The van der Waals surface area contributed by atoms with Crippen LogP contribution in [0.1, 0.15) is 77.5 Å². The van der Waals surface area contributed by atoms with E-state index >= 15 is 4.39 Å². The number of pyridine rings is 1. The Morgan fingerprint density at radius 2 is 1.77 bits per heavy atom. The topological polar surface area (TPSA) is 59.4 Å². The number of alkyl halides is 5.